The van der Waals surface area contributed by atoms with Crippen molar-refractivity contribution < 1.29 is 40.4 Å². The Morgan fingerprint density at radius 2 is 1.34 bits per heavy atom. The van der Waals surface area contributed by atoms with Crippen LogP contribution in [0.25, 0.3) is 0 Å². The molecule has 15 nitrogen and oxygen atoms in total. The van der Waals surface area contributed by atoms with Crippen LogP contribution < -0.4 is 28.0 Å². The molecule has 0 aromatic rings. The number of rotatable bonds is 10. The lowest BCUT2D eigenvalue weighted by Gasteiger charge is -2.18. The normalized spacial score (nSPS) is 14.7. The van der Waals surface area contributed by atoms with E-state index in [1.165, 1.54) is 0 Å². The molecule has 0 bridgehead atoms. The number of hydrogen-bond donors (Lipinski definition) is 9. The van der Waals surface area contributed by atoms with Crippen molar-refractivity contribution in [2.75, 3.05) is 19.6 Å². The molecule has 0 saturated carbocycles. The smallest absolute Gasteiger partial charge is 0.320 e. The van der Waals surface area contributed by atoms with Gasteiger partial charge in [0.2, 0.25) is 0 Å². The maximum Gasteiger partial charge on any atom is 0.320 e. The van der Waals surface area contributed by atoms with Crippen molar-refractivity contribution in [1.82, 2.24) is 10.8 Å². The highest BCUT2D eigenvalue weighted by Gasteiger charge is 2.18. The molecule has 14 N–H and O–H groups in total. The van der Waals surface area contributed by atoms with Gasteiger partial charge in [0.15, 0.2) is 0 Å². The Kier molecular flexibility index (Phi) is 51.3. The first kappa shape index (κ1) is 46.1. The van der Waals surface area contributed by atoms with Crippen molar-refractivity contribution in [3.05, 3.63) is 9.93 Å². The molecule has 0 aromatic carbocycles. The van der Waals surface area contributed by atoms with Crippen LogP contribution in [0.3, 0.4) is 0 Å². The molecule has 1 fully saturated rings. The van der Waals surface area contributed by atoms with Gasteiger partial charge in [-0.3, -0.25) is 14.4 Å². The van der Waals surface area contributed by atoms with E-state index in [9.17, 15) is 14.4 Å². The SMILES string of the molecule is CC.CC.NC(CCCNO)C(=O)O.NCCCC(N)C(=O)O.O.O=C(O)C1CCCCN1.O=O. The van der Waals surface area contributed by atoms with Gasteiger partial charge in [-0.05, 0) is 51.6 Å². The Balaban J connectivity index is -0.0000000801. The number of piperidine rings is 1. The van der Waals surface area contributed by atoms with E-state index in [-0.39, 0.29) is 11.5 Å². The summed E-state index contributed by atoms with van der Waals surface area (Å²) < 4.78 is 0. The molecule has 0 radical (unpaired) electrons. The highest BCUT2D eigenvalue weighted by molar-refractivity contribution is 5.73. The van der Waals surface area contributed by atoms with Crippen molar-refractivity contribution in [1.29, 1.82) is 0 Å². The van der Waals surface area contributed by atoms with Gasteiger partial charge in [0.25, 0.3) is 0 Å². The van der Waals surface area contributed by atoms with Crippen molar-refractivity contribution >= 4 is 17.9 Å². The second-order valence-electron chi connectivity index (χ2n) is 6.21. The Morgan fingerprint density at radius 1 is 0.914 bits per heavy atom. The number of nitrogens with two attached hydrogens (primary N) is 3. The summed E-state index contributed by atoms with van der Waals surface area (Å²) in [7, 11) is 0. The number of carbonyl (C=O) groups is 3. The standard InChI is InChI=1S/C6H11NO2.C5H12N2O3.C5H12N2O2.2C2H6.O2.H2O/c8-6(9)5-3-1-2-4-7-5;6-4(5(8)9)2-1-3-7-10;6-3-1-2-4(7)5(8)9;3*1-2;/h5,7H,1-4H2,(H,8,9);4,7,10H,1-3,6H2,(H,8,9);4H,1-3,6-7H2,(H,8,9);2*1-2H3;;1H2. The molecule has 0 amide bonds. The first-order valence-corrected chi connectivity index (χ1v) is 11.3. The fraction of sp³-hybridized carbons (Fsp3) is 0.850. The van der Waals surface area contributed by atoms with Crippen LogP contribution >= 0.6 is 0 Å². The molecule has 0 spiro atoms. The average molecular weight is 520 g/mol. The van der Waals surface area contributed by atoms with Crippen molar-refractivity contribution in [2.45, 2.75) is 90.8 Å². The van der Waals surface area contributed by atoms with Gasteiger partial charge in [0, 0.05) is 16.5 Å². The number of hydroxylamine groups is 1. The summed E-state index contributed by atoms with van der Waals surface area (Å²) in [6.07, 6.45) is 5.02. The number of aliphatic carboxylic acids is 3. The van der Waals surface area contributed by atoms with Crippen LogP contribution in [0.1, 0.15) is 72.6 Å². The predicted molar refractivity (Wildman–Crippen MR) is 135 cm³/mol. The van der Waals surface area contributed by atoms with Gasteiger partial charge in [-0.15, -0.1) is 0 Å². The van der Waals surface area contributed by atoms with Crippen LogP contribution in [0.5, 0.6) is 0 Å². The lowest BCUT2D eigenvalue weighted by Crippen LogP contribution is -2.40. The Bertz CT molecular complexity index is 456. The van der Waals surface area contributed by atoms with Crippen LogP contribution in [0.2, 0.25) is 0 Å². The third-order valence-electron chi connectivity index (χ3n) is 3.77. The van der Waals surface area contributed by atoms with Gasteiger partial charge in [-0.2, -0.15) is 0 Å². The summed E-state index contributed by atoms with van der Waals surface area (Å²) in [4.78, 5) is 44.4. The summed E-state index contributed by atoms with van der Waals surface area (Å²) in [5, 5.41) is 36.0. The topological polar surface area (TPSA) is 300 Å². The van der Waals surface area contributed by atoms with E-state index < -0.39 is 30.0 Å². The summed E-state index contributed by atoms with van der Waals surface area (Å²) in [5.41, 5.74) is 17.3. The predicted octanol–water partition coefficient (Wildman–Crippen LogP) is -0.198. The van der Waals surface area contributed by atoms with Gasteiger partial charge >= 0.3 is 17.9 Å². The molecule has 3 unspecified atom stereocenters. The zero-order valence-corrected chi connectivity index (χ0v) is 21.4. The molecule has 35 heavy (non-hydrogen) atoms. The third kappa shape index (κ3) is 39.3. The second-order valence-corrected chi connectivity index (χ2v) is 6.21. The van der Waals surface area contributed by atoms with E-state index >= 15 is 0 Å². The largest absolute Gasteiger partial charge is 0.480 e. The maximum atomic E-state index is 10.3. The van der Waals surface area contributed by atoms with E-state index in [0.717, 1.165) is 25.8 Å². The summed E-state index contributed by atoms with van der Waals surface area (Å²) in [6, 6.07) is -1.83. The van der Waals surface area contributed by atoms with Crippen LogP contribution in [0, 0.1) is 9.93 Å². The minimum absolute atomic E-state index is 0. The second kappa shape index (κ2) is 39.0. The molecular weight excluding hydrogens is 470 g/mol. The molecule has 15 heteroatoms. The van der Waals surface area contributed by atoms with Crippen LogP contribution in [-0.2, 0) is 14.4 Å². The van der Waals surface area contributed by atoms with Gasteiger partial charge in [0.1, 0.15) is 18.1 Å². The summed E-state index contributed by atoms with van der Waals surface area (Å²) in [6.45, 7) is 9.74. The fourth-order valence-electron chi connectivity index (χ4n) is 2.05. The number of carboxylic acid groups (broad SMARTS) is 3. The Hall–Kier alpha value is -2.27. The van der Waals surface area contributed by atoms with Crippen molar-refractivity contribution in [2.24, 2.45) is 17.2 Å². The van der Waals surface area contributed by atoms with Gasteiger partial charge < -0.3 is 48.5 Å². The Labute approximate surface area is 207 Å². The van der Waals surface area contributed by atoms with E-state index in [0.29, 0.717) is 38.8 Å². The molecule has 214 valence electrons. The van der Waals surface area contributed by atoms with Gasteiger partial charge in [-0.25, -0.2) is 5.48 Å². The van der Waals surface area contributed by atoms with Gasteiger partial charge in [-0.1, -0.05) is 34.1 Å². The van der Waals surface area contributed by atoms with E-state index in [1.54, 1.807) is 0 Å². The monoisotopic (exact) mass is 519 g/mol. The van der Waals surface area contributed by atoms with Crippen LogP contribution in [0.4, 0.5) is 0 Å². The maximum absolute atomic E-state index is 10.3. The van der Waals surface area contributed by atoms with E-state index in [1.807, 2.05) is 33.2 Å². The molecular formula is C20H49N5O10. The molecule has 1 aliphatic rings. The molecule has 1 rings (SSSR count). The zero-order chi connectivity index (χ0) is 27.9. The summed E-state index contributed by atoms with van der Waals surface area (Å²) >= 11 is 0. The molecule has 1 heterocycles. The minimum atomic E-state index is -1.00. The molecule has 0 aromatic heterocycles. The Morgan fingerprint density at radius 3 is 1.60 bits per heavy atom. The number of carboxylic acids is 3. The molecule has 1 aliphatic heterocycles. The van der Waals surface area contributed by atoms with E-state index in [4.69, 9.17) is 47.7 Å². The fourth-order valence-corrected chi connectivity index (χ4v) is 2.05. The number of hydrogen-bond acceptors (Lipinski definition) is 11. The highest BCUT2D eigenvalue weighted by atomic mass is 16.7. The summed E-state index contributed by atoms with van der Waals surface area (Å²) in [5.74, 6) is -2.67. The number of nitrogens with one attached hydrogen (secondary N) is 2. The molecule has 3 atom stereocenters. The third-order valence-corrected chi connectivity index (χ3v) is 3.77. The van der Waals surface area contributed by atoms with Gasteiger partial charge in [0.05, 0.1) is 0 Å². The molecule has 0 aliphatic carbocycles. The highest BCUT2D eigenvalue weighted by Crippen LogP contribution is 2.05. The quantitative estimate of drug-likeness (QED) is 0.133. The lowest BCUT2D eigenvalue weighted by atomic mass is 10.1. The van der Waals surface area contributed by atoms with E-state index in [2.05, 4.69) is 5.32 Å². The van der Waals surface area contributed by atoms with Crippen molar-refractivity contribution in [3.8, 4) is 0 Å². The zero-order valence-electron chi connectivity index (χ0n) is 21.4. The lowest BCUT2D eigenvalue weighted by molar-refractivity contribution is -0.140. The van der Waals surface area contributed by atoms with Crippen molar-refractivity contribution in [3.63, 3.8) is 0 Å². The first-order valence-electron chi connectivity index (χ1n) is 11.3. The van der Waals surface area contributed by atoms with Crippen LogP contribution in [-0.4, -0.2) is 81.7 Å². The average Bonchev–Trinajstić information content (AvgIpc) is 2.87. The van der Waals surface area contributed by atoms with Crippen LogP contribution in [0.15, 0.2) is 0 Å². The molecule has 1 saturated heterocycles. The first-order chi connectivity index (χ1) is 16.2. The minimum Gasteiger partial charge on any atom is -0.480 e.